The summed E-state index contributed by atoms with van der Waals surface area (Å²) in [4.78, 5) is 26.8. The molecular weight excluding hydrogens is 358 g/mol. The molecular formula is C20H33N5OS. The Balaban J connectivity index is 1.78. The van der Waals surface area contributed by atoms with Gasteiger partial charge in [-0.15, -0.1) is 0 Å². The molecule has 0 N–H and O–H groups in total. The Kier molecular flexibility index (Phi) is 7.00. The number of piperazine rings is 2. The fourth-order valence-corrected chi connectivity index (χ4v) is 4.41. The highest BCUT2D eigenvalue weighted by molar-refractivity contribution is 7.97. The van der Waals surface area contributed by atoms with Crippen LogP contribution >= 0.6 is 11.8 Å². The first-order chi connectivity index (χ1) is 13.0. The summed E-state index contributed by atoms with van der Waals surface area (Å²) in [6, 6.07) is 2.12. The van der Waals surface area contributed by atoms with Crippen molar-refractivity contribution in [2.45, 2.75) is 19.1 Å². The number of nitrogens with zero attached hydrogens (tertiary/aromatic N) is 5. The van der Waals surface area contributed by atoms with E-state index in [2.05, 4.69) is 48.0 Å². The molecule has 0 spiro atoms. The largest absolute Gasteiger partial charge is 0.354 e. The number of likely N-dealkylation sites (N-methyl/N-ethyl adjacent to an activating group) is 2. The summed E-state index contributed by atoms with van der Waals surface area (Å²) in [7, 11) is 4.28. The number of aryl methyl sites for hydroxylation is 1. The SMILES string of the molecule is CSCc1c(C)cc(CC(=O)N2CCN(C)CC2)nc1N1CCN(C)CC1. The van der Waals surface area contributed by atoms with Crippen molar-refractivity contribution in [1.82, 2.24) is 19.7 Å². The van der Waals surface area contributed by atoms with Crippen LogP contribution in [-0.4, -0.2) is 98.3 Å². The van der Waals surface area contributed by atoms with Crippen molar-refractivity contribution in [3.05, 3.63) is 22.9 Å². The second-order valence-electron chi connectivity index (χ2n) is 7.82. The number of aromatic nitrogens is 1. The summed E-state index contributed by atoms with van der Waals surface area (Å²) in [6.07, 6.45) is 2.54. The van der Waals surface area contributed by atoms with Crippen molar-refractivity contribution in [3.8, 4) is 0 Å². The van der Waals surface area contributed by atoms with Crippen LogP contribution in [0.5, 0.6) is 0 Å². The number of rotatable bonds is 5. The fraction of sp³-hybridized carbons (Fsp3) is 0.700. The van der Waals surface area contributed by atoms with Crippen molar-refractivity contribution < 1.29 is 4.79 Å². The molecule has 1 amide bonds. The predicted octanol–water partition coefficient (Wildman–Crippen LogP) is 1.32. The summed E-state index contributed by atoms with van der Waals surface area (Å²) in [5.41, 5.74) is 3.49. The van der Waals surface area contributed by atoms with Crippen LogP contribution in [0, 0.1) is 6.92 Å². The number of thioether (sulfide) groups is 1. The van der Waals surface area contributed by atoms with Gasteiger partial charge in [0, 0.05) is 63.7 Å². The van der Waals surface area contributed by atoms with Crippen LogP contribution in [0.4, 0.5) is 5.82 Å². The van der Waals surface area contributed by atoms with Gasteiger partial charge in [0.15, 0.2) is 0 Å². The molecule has 3 rings (SSSR count). The molecule has 0 radical (unpaired) electrons. The third-order valence-electron chi connectivity index (χ3n) is 5.66. The Labute approximate surface area is 167 Å². The van der Waals surface area contributed by atoms with E-state index in [9.17, 15) is 4.79 Å². The quantitative estimate of drug-likeness (QED) is 0.754. The van der Waals surface area contributed by atoms with Crippen LogP contribution in [0.3, 0.4) is 0 Å². The highest BCUT2D eigenvalue weighted by Gasteiger charge is 2.23. The van der Waals surface area contributed by atoms with Gasteiger partial charge in [-0.3, -0.25) is 4.79 Å². The minimum Gasteiger partial charge on any atom is -0.354 e. The number of pyridine rings is 1. The van der Waals surface area contributed by atoms with Gasteiger partial charge in [-0.05, 0) is 38.9 Å². The number of anilines is 1. The molecule has 0 unspecified atom stereocenters. The Morgan fingerprint density at radius 2 is 1.63 bits per heavy atom. The number of carbonyl (C=O) groups is 1. The molecule has 7 heteroatoms. The normalized spacial score (nSPS) is 19.6. The van der Waals surface area contributed by atoms with Gasteiger partial charge in [0.1, 0.15) is 5.82 Å². The van der Waals surface area contributed by atoms with E-state index in [1.165, 1.54) is 11.1 Å². The van der Waals surface area contributed by atoms with Crippen LogP contribution in [-0.2, 0) is 17.0 Å². The Hall–Kier alpha value is -1.31. The average molecular weight is 392 g/mol. The molecule has 1 aromatic rings. The molecule has 1 aromatic heterocycles. The van der Waals surface area contributed by atoms with Crippen LogP contribution in [0.15, 0.2) is 6.07 Å². The second-order valence-corrected chi connectivity index (χ2v) is 8.68. The van der Waals surface area contributed by atoms with Gasteiger partial charge in [0.25, 0.3) is 0 Å². The van der Waals surface area contributed by atoms with Gasteiger partial charge in [-0.1, -0.05) is 0 Å². The van der Waals surface area contributed by atoms with E-state index in [0.717, 1.165) is 69.6 Å². The number of carbonyl (C=O) groups excluding carboxylic acids is 1. The summed E-state index contributed by atoms with van der Waals surface area (Å²) >= 11 is 1.83. The molecule has 6 nitrogen and oxygen atoms in total. The van der Waals surface area contributed by atoms with Crippen LogP contribution in [0.25, 0.3) is 0 Å². The molecule has 2 saturated heterocycles. The molecule has 0 bridgehead atoms. The lowest BCUT2D eigenvalue weighted by Crippen LogP contribution is -2.47. The molecule has 2 fully saturated rings. The summed E-state index contributed by atoms with van der Waals surface area (Å²) < 4.78 is 0. The van der Waals surface area contributed by atoms with Gasteiger partial charge in [0.05, 0.1) is 12.1 Å². The maximum atomic E-state index is 12.8. The summed E-state index contributed by atoms with van der Waals surface area (Å²) in [5, 5.41) is 0. The summed E-state index contributed by atoms with van der Waals surface area (Å²) in [5.74, 6) is 2.27. The lowest BCUT2D eigenvalue weighted by atomic mass is 10.1. The van der Waals surface area contributed by atoms with E-state index in [1.807, 2.05) is 16.7 Å². The lowest BCUT2D eigenvalue weighted by molar-refractivity contribution is -0.132. The predicted molar refractivity (Wildman–Crippen MR) is 114 cm³/mol. The van der Waals surface area contributed by atoms with Crippen LogP contribution in [0.1, 0.15) is 16.8 Å². The highest BCUT2D eigenvalue weighted by atomic mass is 32.2. The van der Waals surface area contributed by atoms with E-state index in [1.54, 1.807) is 0 Å². The van der Waals surface area contributed by atoms with Gasteiger partial charge >= 0.3 is 0 Å². The first-order valence-electron chi connectivity index (χ1n) is 9.86. The van der Waals surface area contributed by atoms with E-state index in [4.69, 9.17) is 4.98 Å². The van der Waals surface area contributed by atoms with Gasteiger partial charge in [0.2, 0.25) is 5.91 Å². The van der Waals surface area contributed by atoms with Crippen LogP contribution < -0.4 is 4.90 Å². The highest BCUT2D eigenvalue weighted by Crippen LogP contribution is 2.27. The van der Waals surface area contributed by atoms with Gasteiger partial charge in [-0.2, -0.15) is 11.8 Å². The maximum Gasteiger partial charge on any atom is 0.228 e. The number of hydrogen-bond acceptors (Lipinski definition) is 6. The van der Waals surface area contributed by atoms with E-state index < -0.39 is 0 Å². The number of amides is 1. The molecule has 0 atom stereocenters. The lowest BCUT2D eigenvalue weighted by Gasteiger charge is -2.35. The standard InChI is InChI=1S/C20H33N5OS/c1-16-13-17(14-19(26)24-9-5-22(2)6-10-24)21-20(18(16)15-27-4)25-11-7-23(3)8-12-25/h13H,5-12,14-15H2,1-4H3. The van der Waals surface area contributed by atoms with Gasteiger partial charge in [-0.25, -0.2) is 4.98 Å². The third kappa shape index (κ3) is 5.15. The molecule has 0 aliphatic carbocycles. The molecule has 0 saturated carbocycles. The molecule has 2 aliphatic heterocycles. The Morgan fingerprint density at radius 1 is 1.04 bits per heavy atom. The smallest absolute Gasteiger partial charge is 0.228 e. The first-order valence-corrected chi connectivity index (χ1v) is 11.3. The van der Waals surface area contributed by atoms with Crippen molar-refractivity contribution in [2.24, 2.45) is 0 Å². The average Bonchev–Trinajstić information content (AvgIpc) is 2.65. The summed E-state index contributed by atoms with van der Waals surface area (Å²) in [6.45, 7) is 9.84. The Bertz CT molecular complexity index is 652. The Morgan fingerprint density at radius 3 is 2.22 bits per heavy atom. The zero-order valence-electron chi connectivity index (χ0n) is 17.2. The van der Waals surface area contributed by atoms with Crippen molar-refractivity contribution in [1.29, 1.82) is 0 Å². The third-order valence-corrected chi connectivity index (χ3v) is 6.24. The molecule has 2 aliphatic rings. The molecule has 150 valence electrons. The fourth-order valence-electron chi connectivity index (χ4n) is 3.76. The number of hydrogen-bond donors (Lipinski definition) is 0. The van der Waals surface area contributed by atoms with Gasteiger partial charge < -0.3 is 19.6 Å². The second kappa shape index (κ2) is 9.26. The topological polar surface area (TPSA) is 42.9 Å². The molecule has 0 aromatic carbocycles. The van der Waals surface area contributed by atoms with Crippen molar-refractivity contribution in [2.75, 3.05) is 77.6 Å². The van der Waals surface area contributed by atoms with Crippen LogP contribution in [0.2, 0.25) is 0 Å². The van der Waals surface area contributed by atoms with E-state index >= 15 is 0 Å². The molecule has 3 heterocycles. The van der Waals surface area contributed by atoms with E-state index in [-0.39, 0.29) is 5.91 Å². The first kappa shape index (κ1) is 20.4. The monoisotopic (exact) mass is 391 g/mol. The molecule has 27 heavy (non-hydrogen) atoms. The van der Waals surface area contributed by atoms with Crippen molar-refractivity contribution >= 4 is 23.5 Å². The minimum absolute atomic E-state index is 0.206. The maximum absolute atomic E-state index is 12.8. The van der Waals surface area contributed by atoms with E-state index in [0.29, 0.717) is 6.42 Å². The van der Waals surface area contributed by atoms with Crippen molar-refractivity contribution in [3.63, 3.8) is 0 Å². The zero-order valence-corrected chi connectivity index (χ0v) is 18.0. The zero-order chi connectivity index (χ0) is 19.4. The minimum atomic E-state index is 0.206.